The molecule has 1 heterocycles. The number of amidine groups is 1. The average molecular weight is 474 g/mol. The number of nitrogens with two attached hydrogens (primary N) is 1. The van der Waals surface area contributed by atoms with E-state index in [0.29, 0.717) is 33.6 Å². The highest BCUT2D eigenvalue weighted by Crippen LogP contribution is 2.32. The Morgan fingerprint density at radius 2 is 1.74 bits per heavy atom. The third-order valence-electron chi connectivity index (χ3n) is 5.14. The van der Waals surface area contributed by atoms with E-state index in [9.17, 15) is 9.59 Å². The molecule has 34 heavy (non-hydrogen) atoms. The van der Waals surface area contributed by atoms with Gasteiger partial charge in [0.15, 0.2) is 5.17 Å². The number of anilines is 1. The molecule has 1 aliphatic rings. The summed E-state index contributed by atoms with van der Waals surface area (Å²) in [4.78, 5) is 31.1. The third-order valence-corrected chi connectivity index (χ3v) is 6.15. The fraction of sp³-hybridized carbons (Fsp3) is 0.115. The molecule has 8 heteroatoms. The molecule has 0 saturated carbocycles. The Hall–Kier alpha value is -4.04. The van der Waals surface area contributed by atoms with Crippen molar-refractivity contribution in [1.29, 1.82) is 0 Å². The van der Waals surface area contributed by atoms with Crippen LogP contribution in [-0.2, 0) is 10.5 Å². The predicted molar refractivity (Wildman–Crippen MR) is 135 cm³/mol. The van der Waals surface area contributed by atoms with E-state index < -0.39 is 5.91 Å². The van der Waals surface area contributed by atoms with Gasteiger partial charge in [-0.25, -0.2) is 4.99 Å². The van der Waals surface area contributed by atoms with E-state index in [1.165, 1.54) is 11.8 Å². The second-order valence-corrected chi connectivity index (χ2v) is 8.33. The first-order chi connectivity index (χ1) is 16.5. The van der Waals surface area contributed by atoms with E-state index >= 15 is 0 Å². The molecule has 172 valence electrons. The minimum atomic E-state index is -0.483. The maximum absolute atomic E-state index is 13.4. The lowest BCUT2D eigenvalue weighted by Crippen LogP contribution is -2.30. The fourth-order valence-electron chi connectivity index (χ4n) is 3.39. The van der Waals surface area contributed by atoms with E-state index in [1.54, 1.807) is 49.5 Å². The zero-order valence-corrected chi connectivity index (χ0v) is 19.5. The van der Waals surface area contributed by atoms with Gasteiger partial charge in [-0.15, -0.1) is 0 Å². The van der Waals surface area contributed by atoms with E-state index in [0.717, 1.165) is 16.9 Å². The molecule has 3 aromatic carbocycles. The number of carbonyl (C=O) groups is 2. The van der Waals surface area contributed by atoms with Crippen molar-refractivity contribution in [2.24, 2.45) is 10.7 Å². The van der Waals surface area contributed by atoms with Crippen LogP contribution in [-0.4, -0.2) is 31.2 Å². The molecule has 2 N–H and O–H groups in total. The lowest BCUT2D eigenvalue weighted by atomic mass is 10.1. The maximum atomic E-state index is 13.4. The Kier molecular flexibility index (Phi) is 6.98. The first-order valence-corrected chi connectivity index (χ1v) is 11.4. The van der Waals surface area contributed by atoms with Crippen molar-refractivity contribution in [2.45, 2.75) is 5.75 Å². The predicted octanol–water partition coefficient (Wildman–Crippen LogP) is 4.48. The van der Waals surface area contributed by atoms with E-state index in [2.05, 4.69) is 4.99 Å². The second-order valence-electron chi connectivity index (χ2n) is 7.39. The summed E-state index contributed by atoms with van der Waals surface area (Å²) in [5, 5.41) is 0.530. The van der Waals surface area contributed by atoms with Crippen LogP contribution in [0.1, 0.15) is 21.5 Å². The van der Waals surface area contributed by atoms with Crippen molar-refractivity contribution >= 4 is 40.5 Å². The summed E-state index contributed by atoms with van der Waals surface area (Å²) in [7, 11) is 3.18. The molecule has 1 aliphatic heterocycles. The molecule has 0 aromatic heterocycles. The van der Waals surface area contributed by atoms with Crippen LogP contribution in [0.5, 0.6) is 11.5 Å². The quantitative estimate of drug-likeness (QED) is 0.511. The number of hydrogen-bond donors (Lipinski definition) is 1. The van der Waals surface area contributed by atoms with Crippen molar-refractivity contribution in [3.05, 3.63) is 95.2 Å². The van der Waals surface area contributed by atoms with Crippen LogP contribution in [0, 0.1) is 0 Å². The topological polar surface area (TPSA) is 94.2 Å². The molecule has 7 nitrogen and oxygen atoms in total. The van der Waals surface area contributed by atoms with Gasteiger partial charge in [-0.2, -0.15) is 0 Å². The Balaban J connectivity index is 1.66. The molecule has 0 aliphatic carbocycles. The van der Waals surface area contributed by atoms with Gasteiger partial charge in [-0.05, 0) is 53.6 Å². The summed E-state index contributed by atoms with van der Waals surface area (Å²) in [6, 6.07) is 21.8. The molecule has 0 radical (unpaired) electrons. The van der Waals surface area contributed by atoms with Gasteiger partial charge in [0, 0.05) is 17.4 Å². The number of thioether (sulfide) groups is 1. The van der Waals surface area contributed by atoms with Gasteiger partial charge in [0.2, 0.25) is 5.91 Å². The minimum absolute atomic E-state index is 0.238. The van der Waals surface area contributed by atoms with Crippen molar-refractivity contribution < 1.29 is 19.1 Å². The summed E-state index contributed by atoms with van der Waals surface area (Å²) in [6.45, 7) is 0. The van der Waals surface area contributed by atoms with Gasteiger partial charge < -0.3 is 15.2 Å². The Morgan fingerprint density at radius 3 is 2.44 bits per heavy atom. The molecule has 0 spiro atoms. The van der Waals surface area contributed by atoms with Gasteiger partial charge in [-0.3, -0.25) is 14.5 Å². The van der Waals surface area contributed by atoms with Gasteiger partial charge in [0.25, 0.3) is 5.91 Å². The lowest BCUT2D eigenvalue weighted by Gasteiger charge is -2.18. The number of primary amides is 1. The molecule has 3 aromatic rings. The zero-order valence-electron chi connectivity index (χ0n) is 18.7. The molecule has 0 fully saturated rings. The maximum Gasteiger partial charge on any atom is 0.283 e. The van der Waals surface area contributed by atoms with Crippen molar-refractivity contribution in [3.8, 4) is 11.5 Å². The van der Waals surface area contributed by atoms with Crippen LogP contribution in [0.4, 0.5) is 5.69 Å². The number of aliphatic imine (C=N–C) groups is 1. The summed E-state index contributed by atoms with van der Waals surface area (Å²) < 4.78 is 10.5. The van der Waals surface area contributed by atoms with Gasteiger partial charge in [-0.1, -0.05) is 42.1 Å². The SMILES string of the molecule is COc1ccc(/C=C2\N=C(SCc3cccc(C(N)=O)c3)N(c3cccc(OC)c3)C2=O)cc1. The van der Waals surface area contributed by atoms with Gasteiger partial charge in [0.1, 0.15) is 17.2 Å². The summed E-state index contributed by atoms with van der Waals surface area (Å²) in [5.74, 6) is 1.15. The van der Waals surface area contributed by atoms with Crippen molar-refractivity contribution in [3.63, 3.8) is 0 Å². The highest BCUT2D eigenvalue weighted by molar-refractivity contribution is 8.13. The minimum Gasteiger partial charge on any atom is -0.497 e. The van der Waals surface area contributed by atoms with Crippen LogP contribution in [0.3, 0.4) is 0 Å². The smallest absolute Gasteiger partial charge is 0.283 e. The molecule has 0 atom stereocenters. The third kappa shape index (κ3) is 5.13. The number of rotatable bonds is 7. The van der Waals surface area contributed by atoms with Gasteiger partial charge >= 0.3 is 0 Å². The average Bonchev–Trinajstić information content (AvgIpc) is 3.18. The highest BCUT2D eigenvalue weighted by Gasteiger charge is 2.32. The summed E-state index contributed by atoms with van der Waals surface area (Å²) in [6.07, 6.45) is 1.75. The molecular weight excluding hydrogens is 450 g/mol. The van der Waals surface area contributed by atoms with E-state index in [-0.39, 0.29) is 5.91 Å². The number of amides is 2. The lowest BCUT2D eigenvalue weighted by molar-refractivity contribution is -0.113. The number of hydrogen-bond acceptors (Lipinski definition) is 6. The molecule has 0 bridgehead atoms. The van der Waals surface area contributed by atoms with Crippen LogP contribution in [0.2, 0.25) is 0 Å². The fourth-order valence-corrected chi connectivity index (χ4v) is 4.35. The number of carbonyl (C=O) groups excluding carboxylic acids is 2. The first kappa shape index (κ1) is 23.1. The van der Waals surface area contributed by atoms with Crippen molar-refractivity contribution in [1.82, 2.24) is 0 Å². The van der Waals surface area contributed by atoms with Crippen LogP contribution >= 0.6 is 11.8 Å². The largest absolute Gasteiger partial charge is 0.497 e. The number of benzene rings is 3. The molecular formula is C26H23N3O4S. The van der Waals surface area contributed by atoms with Crippen LogP contribution in [0.15, 0.2) is 83.5 Å². The molecule has 4 rings (SSSR count). The monoisotopic (exact) mass is 473 g/mol. The van der Waals surface area contributed by atoms with Crippen molar-refractivity contribution in [2.75, 3.05) is 19.1 Å². The molecule has 2 amide bonds. The molecule has 0 unspecified atom stereocenters. The zero-order chi connectivity index (χ0) is 24.1. The number of nitrogens with zero attached hydrogens (tertiary/aromatic N) is 2. The van der Waals surface area contributed by atoms with Crippen LogP contribution in [0.25, 0.3) is 6.08 Å². The summed E-state index contributed by atoms with van der Waals surface area (Å²) in [5.41, 5.74) is 8.55. The highest BCUT2D eigenvalue weighted by atomic mass is 32.2. The van der Waals surface area contributed by atoms with Crippen LogP contribution < -0.4 is 20.1 Å². The number of ether oxygens (including phenoxy) is 2. The van der Waals surface area contributed by atoms with E-state index in [1.807, 2.05) is 48.5 Å². The normalized spacial score (nSPS) is 14.3. The standard InChI is InChI=1S/C26H23N3O4S/c1-32-21-11-9-17(10-12-21)14-23-25(31)29(20-7-4-8-22(15-20)33-2)26(28-23)34-16-18-5-3-6-19(13-18)24(27)30/h3-15H,16H2,1-2H3,(H2,27,30)/b23-14-. The van der Waals surface area contributed by atoms with E-state index in [4.69, 9.17) is 15.2 Å². The second kappa shape index (κ2) is 10.3. The van der Waals surface area contributed by atoms with Gasteiger partial charge in [0.05, 0.1) is 19.9 Å². The first-order valence-electron chi connectivity index (χ1n) is 10.4. The molecule has 0 saturated heterocycles. The Labute approximate surface area is 201 Å². The number of methoxy groups -OCH3 is 2. The summed E-state index contributed by atoms with van der Waals surface area (Å²) >= 11 is 1.40. The Bertz CT molecular complexity index is 1290. The Morgan fingerprint density at radius 1 is 1.00 bits per heavy atom.